The lowest BCUT2D eigenvalue weighted by molar-refractivity contribution is -0.137. The zero-order valence-electron chi connectivity index (χ0n) is 10.7. The molecule has 18 heavy (non-hydrogen) atoms. The van der Waals surface area contributed by atoms with Gasteiger partial charge in [-0.25, -0.2) is 0 Å². The number of ketones is 1. The summed E-state index contributed by atoms with van der Waals surface area (Å²) in [7, 11) is 0. The average molecular weight is 266 g/mol. The van der Waals surface area contributed by atoms with Gasteiger partial charge in [0.25, 0.3) is 0 Å². The van der Waals surface area contributed by atoms with Gasteiger partial charge in [-0.15, -0.1) is 11.8 Å². The van der Waals surface area contributed by atoms with Crippen LogP contribution in [0.3, 0.4) is 0 Å². The number of thioether (sulfide) groups is 1. The van der Waals surface area contributed by atoms with Crippen LogP contribution < -0.4 is 0 Å². The first-order valence-corrected chi connectivity index (χ1v) is 7.00. The first-order chi connectivity index (χ1) is 8.54. The predicted octanol–water partition coefficient (Wildman–Crippen LogP) is 3.48. The molecule has 0 radical (unpaired) electrons. The number of carboxylic acid groups (broad SMARTS) is 1. The molecular formula is C14H18O3S. The minimum Gasteiger partial charge on any atom is -0.481 e. The topological polar surface area (TPSA) is 54.4 Å². The third-order valence-corrected chi connectivity index (χ3v) is 3.50. The number of carbonyl (C=O) groups excluding carboxylic acids is 1. The van der Waals surface area contributed by atoms with Crippen LogP contribution in [0.15, 0.2) is 29.2 Å². The number of hydrogen-bond donors (Lipinski definition) is 1. The van der Waals surface area contributed by atoms with Crippen molar-refractivity contribution >= 4 is 23.5 Å². The van der Waals surface area contributed by atoms with Crippen molar-refractivity contribution in [2.75, 3.05) is 5.75 Å². The van der Waals surface area contributed by atoms with E-state index in [2.05, 4.69) is 0 Å². The van der Waals surface area contributed by atoms with Gasteiger partial charge in [-0.1, -0.05) is 32.0 Å². The molecule has 3 nitrogen and oxygen atoms in total. The second-order valence-electron chi connectivity index (χ2n) is 4.26. The second-order valence-corrected chi connectivity index (χ2v) is 5.57. The van der Waals surface area contributed by atoms with E-state index < -0.39 is 5.97 Å². The van der Waals surface area contributed by atoms with Crippen LogP contribution in [-0.4, -0.2) is 22.6 Å². The van der Waals surface area contributed by atoms with Gasteiger partial charge in [-0.2, -0.15) is 0 Å². The summed E-state index contributed by atoms with van der Waals surface area (Å²) in [5.41, 5.74) is 0.710. The largest absolute Gasteiger partial charge is 0.481 e. The molecule has 1 aromatic carbocycles. The van der Waals surface area contributed by atoms with Gasteiger partial charge in [0.05, 0.1) is 0 Å². The van der Waals surface area contributed by atoms with Crippen molar-refractivity contribution in [3.05, 3.63) is 29.8 Å². The molecule has 1 N–H and O–H groups in total. The molecule has 4 heteroatoms. The Morgan fingerprint density at radius 2 is 1.94 bits per heavy atom. The number of benzene rings is 1. The van der Waals surface area contributed by atoms with Gasteiger partial charge in [-0.05, 0) is 17.7 Å². The summed E-state index contributed by atoms with van der Waals surface area (Å²) in [4.78, 5) is 23.7. The quantitative estimate of drug-likeness (QED) is 0.606. The van der Waals surface area contributed by atoms with Crippen molar-refractivity contribution < 1.29 is 14.7 Å². The maximum atomic E-state index is 12.1. The van der Waals surface area contributed by atoms with Crippen molar-refractivity contribution in [1.29, 1.82) is 0 Å². The maximum absolute atomic E-state index is 12.1. The van der Waals surface area contributed by atoms with Crippen LogP contribution in [0.2, 0.25) is 0 Å². The Balaban J connectivity index is 2.74. The van der Waals surface area contributed by atoms with Crippen LogP contribution in [0.5, 0.6) is 0 Å². The Kier molecular flexibility index (Phi) is 5.92. The van der Waals surface area contributed by atoms with Crippen LogP contribution >= 0.6 is 11.8 Å². The zero-order valence-corrected chi connectivity index (χ0v) is 11.5. The summed E-state index contributed by atoms with van der Waals surface area (Å²) >= 11 is 1.63. The fraction of sp³-hybridized carbons (Fsp3) is 0.429. The van der Waals surface area contributed by atoms with E-state index in [-0.39, 0.29) is 24.5 Å². The van der Waals surface area contributed by atoms with E-state index in [1.807, 2.05) is 31.2 Å². The van der Waals surface area contributed by atoms with Gasteiger partial charge >= 0.3 is 5.97 Å². The molecule has 1 rings (SSSR count). The van der Waals surface area contributed by atoms with Crippen molar-refractivity contribution in [2.45, 2.75) is 31.6 Å². The van der Waals surface area contributed by atoms with Gasteiger partial charge in [-0.3, -0.25) is 9.59 Å². The van der Waals surface area contributed by atoms with Crippen LogP contribution in [0.1, 0.15) is 37.0 Å². The highest BCUT2D eigenvalue weighted by atomic mass is 32.2. The van der Waals surface area contributed by atoms with Crippen LogP contribution in [-0.2, 0) is 4.79 Å². The highest BCUT2D eigenvalue weighted by Crippen LogP contribution is 2.24. The van der Waals surface area contributed by atoms with Gasteiger partial charge in [0.15, 0.2) is 5.78 Å². The summed E-state index contributed by atoms with van der Waals surface area (Å²) in [5, 5.41) is 8.69. The molecule has 0 bridgehead atoms. The standard InChI is InChI=1S/C14H18O3S/c1-3-18-13-7-5-4-6-11(13)12(15)8-10(2)9-14(16)17/h4-7,10H,3,8-9H2,1-2H3,(H,16,17). The molecule has 0 fully saturated rings. The molecule has 0 aliphatic carbocycles. The number of Topliss-reactive ketones (excluding diaryl/α,β-unsaturated/α-hetero) is 1. The molecule has 0 aliphatic heterocycles. The SMILES string of the molecule is CCSc1ccccc1C(=O)CC(C)CC(=O)O. The van der Waals surface area contributed by atoms with Crippen LogP contribution in [0, 0.1) is 5.92 Å². The molecule has 0 aromatic heterocycles. The van der Waals surface area contributed by atoms with Crippen LogP contribution in [0.4, 0.5) is 0 Å². The lowest BCUT2D eigenvalue weighted by atomic mass is 9.97. The molecule has 1 aromatic rings. The average Bonchev–Trinajstić information content (AvgIpc) is 2.28. The number of carboxylic acids is 1. The van der Waals surface area contributed by atoms with E-state index in [0.717, 1.165) is 10.6 Å². The molecule has 98 valence electrons. The van der Waals surface area contributed by atoms with Crippen molar-refractivity contribution in [1.82, 2.24) is 0 Å². The predicted molar refractivity (Wildman–Crippen MR) is 73.2 cm³/mol. The molecule has 0 heterocycles. The monoisotopic (exact) mass is 266 g/mol. The molecule has 0 aliphatic rings. The zero-order chi connectivity index (χ0) is 13.5. The summed E-state index contributed by atoms with van der Waals surface area (Å²) < 4.78 is 0. The van der Waals surface area contributed by atoms with Crippen molar-refractivity contribution in [3.8, 4) is 0 Å². The molecule has 0 spiro atoms. The molecule has 0 saturated carbocycles. The fourth-order valence-electron chi connectivity index (χ4n) is 1.78. The molecule has 0 amide bonds. The third-order valence-electron chi connectivity index (χ3n) is 2.54. The smallest absolute Gasteiger partial charge is 0.303 e. The molecule has 1 atom stereocenters. The maximum Gasteiger partial charge on any atom is 0.303 e. The Morgan fingerprint density at radius 3 is 2.56 bits per heavy atom. The summed E-state index contributed by atoms with van der Waals surface area (Å²) in [6.45, 7) is 3.83. The first-order valence-electron chi connectivity index (χ1n) is 6.01. The normalized spacial score (nSPS) is 12.1. The van der Waals surface area contributed by atoms with Gasteiger partial charge < -0.3 is 5.11 Å². The van der Waals surface area contributed by atoms with E-state index in [1.54, 1.807) is 18.7 Å². The third kappa shape index (κ3) is 4.53. The minimum atomic E-state index is -0.855. The van der Waals surface area contributed by atoms with Crippen LogP contribution in [0.25, 0.3) is 0 Å². The van der Waals surface area contributed by atoms with Gasteiger partial charge in [0, 0.05) is 23.3 Å². The summed E-state index contributed by atoms with van der Waals surface area (Å²) in [6.07, 6.45) is 0.322. The van der Waals surface area contributed by atoms with E-state index in [0.29, 0.717) is 5.56 Å². The number of aliphatic carboxylic acids is 1. The fourth-order valence-corrected chi connectivity index (χ4v) is 2.60. The van der Waals surface area contributed by atoms with E-state index in [9.17, 15) is 9.59 Å². The molecule has 0 saturated heterocycles. The molecular weight excluding hydrogens is 248 g/mol. The Bertz CT molecular complexity index is 429. The Morgan fingerprint density at radius 1 is 1.28 bits per heavy atom. The lowest BCUT2D eigenvalue weighted by Gasteiger charge is -2.10. The number of carbonyl (C=O) groups is 2. The van der Waals surface area contributed by atoms with E-state index >= 15 is 0 Å². The van der Waals surface area contributed by atoms with Crippen molar-refractivity contribution in [2.24, 2.45) is 5.92 Å². The summed E-state index contributed by atoms with van der Waals surface area (Å²) in [5.74, 6) is -0.0453. The number of rotatable bonds is 7. The van der Waals surface area contributed by atoms with E-state index in [1.165, 1.54) is 0 Å². The van der Waals surface area contributed by atoms with Gasteiger partial charge in [0.2, 0.25) is 0 Å². The van der Waals surface area contributed by atoms with Gasteiger partial charge in [0.1, 0.15) is 0 Å². The second kappa shape index (κ2) is 7.21. The number of hydrogen-bond acceptors (Lipinski definition) is 3. The minimum absolute atomic E-state index is 0.0281. The van der Waals surface area contributed by atoms with Crippen molar-refractivity contribution in [3.63, 3.8) is 0 Å². The lowest BCUT2D eigenvalue weighted by Crippen LogP contribution is -2.11. The highest BCUT2D eigenvalue weighted by Gasteiger charge is 2.16. The van der Waals surface area contributed by atoms with E-state index in [4.69, 9.17) is 5.11 Å². The Labute approximate surface area is 112 Å². The summed E-state index contributed by atoms with van der Waals surface area (Å²) in [6, 6.07) is 7.50. The first kappa shape index (κ1) is 14.8. The highest BCUT2D eigenvalue weighted by molar-refractivity contribution is 7.99. The molecule has 1 unspecified atom stereocenters. The Hall–Kier alpha value is -1.29.